The molecule has 31 heavy (non-hydrogen) atoms. The Morgan fingerprint density at radius 2 is 1.84 bits per heavy atom. The van der Waals surface area contributed by atoms with Gasteiger partial charge in [0.1, 0.15) is 11.5 Å². The fourth-order valence-corrected chi connectivity index (χ4v) is 3.63. The van der Waals surface area contributed by atoms with Gasteiger partial charge in [0.05, 0.1) is 30.2 Å². The zero-order valence-corrected chi connectivity index (χ0v) is 16.5. The summed E-state index contributed by atoms with van der Waals surface area (Å²) < 4.78 is 22.7. The van der Waals surface area contributed by atoms with E-state index in [-0.39, 0.29) is 11.7 Å². The lowest BCUT2D eigenvalue weighted by Gasteiger charge is -2.10. The number of nitrogens with zero attached hydrogens (tertiary/aromatic N) is 3. The van der Waals surface area contributed by atoms with Gasteiger partial charge in [-0.1, -0.05) is 42.5 Å². The number of carbonyl (C=O) groups is 1. The first-order valence-corrected chi connectivity index (χ1v) is 9.84. The summed E-state index contributed by atoms with van der Waals surface area (Å²) in [7, 11) is 0. The average molecular weight is 414 g/mol. The monoisotopic (exact) mass is 414 g/mol. The molecular weight excluding hydrogens is 395 g/mol. The molecule has 0 saturated heterocycles. The maximum atomic E-state index is 13.6. The van der Waals surface area contributed by atoms with Crippen molar-refractivity contribution in [3.63, 3.8) is 0 Å². The van der Waals surface area contributed by atoms with E-state index in [4.69, 9.17) is 4.42 Å². The molecule has 0 aliphatic rings. The van der Waals surface area contributed by atoms with Crippen molar-refractivity contribution in [2.45, 2.75) is 13.1 Å². The van der Waals surface area contributed by atoms with Crippen LogP contribution in [0.4, 0.5) is 10.1 Å². The largest absolute Gasteiger partial charge is 0.463 e. The second kappa shape index (κ2) is 7.95. The van der Waals surface area contributed by atoms with E-state index in [0.717, 1.165) is 16.6 Å². The Labute approximate surface area is 177 Å². The highest BCUT2D eigenvalue weighted by molar-refractivity contribution is 6.05. The molecule has 0 fully saturated rings. The number of hydrogen-bond acceptors (Lipinski definition) is 3. The minimum atomic E-state index is -0.315. The number of fused-ring (bicyclic) bond motifs is 1. The van der Waals surface area contributed by atoms with E-state index >= 15 is 0 Å². The van der Waals surface area contributed by atoms with Gasteiger partial charge < -0.3 is 14.3 Å². The lowest BCUT2D eigenvalue weighted by Crippen LogP contribution is -2.17. The van der Waals surface area contributed by atoms with Crippen LogP contribution in [0.1, 0.15) is 21.6 Å². The molecule has 2 aromatic carbocycles. The second-order valence-corrected chi connectivity index (χ2v) is 7.28. The molecule has 5 aromatic rings. The maximum absolute atomic E-state index is 13.6. The van der Waals surface area contributed by atoms with E-state index < -0.39 is 0 Å². The minimum absolute atomic E-state index is 0.290. The first-order chi connectivity index (χ1) is 15.2. The molecule has 0 aliphatic carbocycles. The minimum Gasteiger partial charge on any atom is -0.463 e. The molecule has 6 nitrogen and oxygen atoms in total. The van der Waals surface area contributed by atoms with Crippen LogP contribution < -0.4 is 5.32 Å². The van der Waals surface area contributed by atoms with Gasteiger partial charge in [-0.3, -0.25) is 9.48 Å². The van der Waals surface area contributed by atoms with Crippen LogP contribution in [-0.2, 0) is 13.1 Å². The van der Waals surface area contributed by atoms with Crippen LogP contribution in [0.2, 0.25) is 0 Å². The molecule has 0 atom stereocenters. The van der Waals surface area contributed by atoms with Crippen LogP contribution in [0.25, 0.3) is 11.1 Å². The summed E-state index contributed by atoms with van der Waals surface area (Å²) >= 11 is 0. The molecule has 7 heteroatoms. The molecule has 5 rings (SSSR count). The summed E-state index contributed by atoms with van der Waals surface area (Å²) in [6.07, 6.45) is 4.97. The van der Waals surface area contributed by atoms with E-state index in [1.807, 2.05) is 41.0 Å². The number of halogens is 1. The van der Waals surface area contributed by atoms with Crippen molar-refractivity contribution < 1.29 is 13.6 Å². The lowest BCUT2D eigenvalue weighted by molar-refractivity contribution is 0.101. The number of hydrogen-bond donors (Lipinski definition) is 1. The predicted octanol–water partition coefficient (Wildman–Crippen LogP) is 4.92. The molecule has 3 aromatic heterocycles. The normalized spacial score (nSPS) is 11.1. The van der Waals surface area contributed by atoms with Crippen molar-refractivity contribution in [3.05, 3.63) is 108 Å². The Morgan fingerprint density at radius 1 is 1.00 bits per heavy atom. The number of anilines is 1. The van der Waals surface area contributed by atoms with Gasteiger partial charge in [0.25, 0.3) is 5.91 Å². The van der Waals surface area contributed by atoms with E-state index in [1.54, 1.807) is 41.5 Å². The zero-order valence-electron chi connectivity index (χ0n) is 16.5. The van der Waals surface area contributed by atoms with Crippen molar-refractivity contribution in [1.29, 1.82) is 0 Å². The van der Waals surface area contributed by atoms with Crippen LogP contribution in [-0.4, -0.2) is 20.3 Å². The topological polar surface area (TPSA) is 65.0 Å². The first kappa shape index (κ1) is 18.9. The summed E-state index contributed by atoms with van der Waals surface area (Å²) in [5.74, 6) is -0.605. The van der Waals surface area contributed by atoms with Gasteiger partial charge in [0.2, 0.25) is 0 Å². The highest BCUT2D eigenvalue weighted by Crippen LogP contribution is 2.24. The van der Waals surface area contributed by atoms with Crippen LogP contribution in [0, 0.1) is 5.82 Å². The SMILES string of the molecule is O=C(Nc1cnn(Cc2ccccc2)c1)c1cc2occc2n1Cc1cccc(F)c1. The van der Waals surface area contributed by atoms with Gasteiger partial charge in [0, 0.05) is 24.9 Å². The highest BCUT2D eigenvalue weighted by Gasteiger charge is 2.18. The molecule has 1 N–H and O–H groups in total. The van der Waals surface area contributed by atoms with Gasteiger partial charge >= 0.3 is 0 Å². The summed E-state index contributed by atoms with van der Waals surface area (Å²) in [5.41, 5.74) is 4.26. The molecule has 0 unspecified atom stereocenters. The Kier molecular flexibility index (Phi) is 4.84. The fraction of sp³-hybridized carbons (Fsp3) is 0.0833. The van der Waals surface area contributed by atoms with E-state index in [1.165, 1.54) is 12.1 Å². The fourth-order valence-electron chi connectivity index (χ4n) is 3.63. The van der Waals surface area contributed by atoms with E-state index in [0.29, 0.717) is 30.1 Å². The van der Waals surface area contributed by atoms with Crippen LogP contribution >= 0.6 is 0 Å². The molecule has 154 valence electrons. The number of benzene rings is 2. The Morgan fingerprint density at radius 3 is 2.68 bits per heavy atom. The first-order valence-electron chi connectivity index (χ1n) is 9.84. The molecule has 1 amide bonds. The molecule has 0 spiro atoms. The average Bonchev–Trinajstić information content (AvgIpc) is 3.47. The standard InChI is InChI=1S/C24H19FN4O2/c25-19-8-4-7-18(11-19)15-29-21-9-10-31-23(21)12-22(29)24(30)27-20-13-26-28(16-20)14-17-5-2-1-3-6-17/h1-13,16H,14-15H2,(H,27,30). The molecule has 0 radical (unpaired) electrons. The second-order valence-electron chi connectivity index (χ2n) is 7.28. The Hall–Kier alpha value is -4.13. The van der Waals surface area contributed by atoms with Crippen molar-refractivity contribution in [1.82, 2.24) is 14.3 Å². The lowest BCUT2D eigenvalue weighted by atomic mass is 10.2. The Balaban J connectivity index is 1.38. The van der Waals surface area contributed by atoms with Gasteiger partial charge in [-0.05, 0) is 23.3 Å². The molecule has 0 saturated carbocycles. The third-order valence-electron chi connectivity index (χ3n) is 5.06. The summed E-state index contributed by atoms with van der Waals surface area (Å²) in [5, 5.41) is 7.22. The number of aromatic nitrogens is 3. The highest BCUT2D eigenvalue weighted by atomic mass is 19.1. The van der Waals surface area contributed by atoms with E-state index in [2.05, 4.69) is 10.4 Å². The predicted molar refractivity (Wildman–Crippen MR) is 115 cm³/mol. The van der Waals surface area contributed by atoms with Crippen LogP contribution in [0.15, 0.2) is 89.8 Å². The number of carbonyl (C=O) groups excluding carboxylic acids is 1. The van der Waals surface area contributed by atoms with Crippen LogP contribution in [0.5, 0.6) is 0 Å². The quantitative estimate of drug-likeness (QED) is 0.429. The smallest absolute Gasteiger partial charge is 0.272 e. The van der Waals surface area contributed by atoms with Gasteiger partial charge in [-0.2, -0.15) is 5.10 Å². The number of furan rings is 1. The summed E-state index contributed by atoms with van der Waals surface area (Å²) in [6.45, 7) is 0.955. The molecule has 0 aliphatic heterocycles. The van der Waals surface area contributed by atoms with Gasteiger partial charge in [-0.15, -0.1) is 0 Å². The number of rotatable bonds is 6. The maximum Gasteiger partial charge on any atom is 0.272 e. The molecule has 3 heterocycles. The van der Waals surface area contributed by atoms with Crippen molar-refractivity contribution in [2.24, 2.45) is 0 Å². The third-order valence-corrected chi connectivity index (χ3v) is 5.06. The van der Waals surface area contributed by atoms with Crippen molar-refractivity contribution in [3.8, 4) is 0 Å². The molecule has 0 bridgehead atoms. The Bertz CT molecular complexity index is 1350. The van der Waals surface area contributed by atoms with Crippen molar-refractivity contribution in [2.75, 3.05) is 5.32 Å². The number of nitrogens with one attached hydrogen (secondary N) is 1. The number of amides is 1. The van der Waals surface area contributed by atoms with E-state index in [9.17, 15) is 9.18 Å². The summed E-state index contributed by atoms with van der Waals surface area (Å²) in [4.78, 5) is 13.0. The zero-order chi connectivity index (χ0) is 21.2. The van der Waals surface area contributed by atoms with Crippen LogP contribution in [0.3, 0.4) is 0 Å². The third kappa shape index (κ3) is 3.98. The van der Waals surface area contributed by atoms with Crippen molar-refractivity contribution >= 4 is 22.7 Å². The summed E-state index contributed by atoms with van der Waals surface area (Å²) in [6, 6.07) is 19.8. The van der Waals surface area contributed by atoms with Gasteiger partial charge in [0.15, 0.2) is 5.58 Å². The van der Waals surface area contributed by atoms with Gasteiger partial charge in [-0.25, -0.2) is 4.39 Å². The molecular formula is C24H19FN4O2.